The molecule has 0 aromatic heterocycles. The fourth-order valence-corrected chi connectivity index (χ4v) is 0. The third kappa shape index (κ3) is 52.8. The van der Waals surface area contributed by atoms with Gasteiger partial charge in [-0.05, 0) is 0 Å². The smallest absolute Gasteiger partial charge is 1.00 e. The molecule has 0 heterocycles. The second-order valence-corrected chi connectivity index (χ2v) is 14.4. The standard InChI is InChI=1S/5ClH.Na.2Pd.H/h5*1H;;;;/q;;;;;+1;;+4;-1/p-4. The first kappa shape index (κ1) is 22.6. The SMILES string of the molecule is Cl.[Cl][Pd]([Cl])([Cl])[Cl].[H-].[Na+].[Pd]. The second-order valence-electron chi connectivity index (χ2n) is 0.271. The molecule has 0 aliphatic heterocycles. The molecular formula is H2Cl5NaPd2. The minimum absolute atomic E-state index is 0. The summed E-state index contributed by atoms with van der Waals surface area (Å²) in [5.41, 5.74) is 0. The number of halogens is 5. The molecule has 0 atom stereocenters. The summed E-state index contributed by atoms with van der Waals surface area (Å²) in [6.45, 7) is 0. The van der Waals surface area contributed by atoms with Crippen LogP contribution in [0.1, 0.15) is 1.43 Å². The van der Waals surface area contributed by atoms with E-state index in [1.807, 2.05) is 0 Å². The number of rotatable bonds is 0. The zero-order valence-electron chi connectivity index (χ0n) is 4.55. The van der Waals surface area contributed by atoms with Crippen LogP contribution in [0.25, 0.3) is 0 Å². The van der Waals surface area contributed by atoms with Gasteiger partial charge in [-0.3, -0.25) is 0 Å². The van der Waals surface area contributed by atoms with Crippen molar-refractivity contribution in [2.24, 2.45) is 0 Å². The van der Waals surface area contributed by atoms with Gasteiger partial charge in [0, 0.05) is 20.4 Å². The van der Waals surface area contributed by atoms with Crippen molar-refractivity contribution in [2.45, 2.75) is 0 Å². The van der Waals surface area contributed by atoms with E-state index in [2.05, 4.69) is 0 Å². The zero-order valence-corrected chi connectivity index (χ0v) is 12.5. The van der Waals surface area contributed by atoms with Gasteiger partial charge < -0.3 is 1.43 Å². The Morgan fingerprint density at radius 1 is 1.00 bits per heavy atom. The maximum Gasteiger partial charge on any atom is 1.00 e. The maximum absolute atomic E-state index is 4.98. The molecule has 0 N–H and O–H groups in total. The Hall–Kier alpha value is 3.77. The topological polar surface area (TPSA) is 0 Å². The van der Waals surface area contributed by atoms with Crippen molar-refractivity contribution in [3.05, 3.63) is 0 Å². The van der Waals surface area contributed by atoms with Gasteiger partial charge in [0.2, 0.25) is 0 Å². The molecule has 0 amide bonds. The van der Waals surface area contributed by atoms with Gasteiger partial charge in [-0.25, -0.2) is 0 Å². The molecule has 8 heteroatoms. The monoisotopic (exact) mass is 412 g/mol. The minimum Gasteiger partial charge on any atom is -1.00 e. The van der Waals surface area contributed by atoms with Gasteiger partial charge in [0.05, 0.1) is 0 Å². The molecule has 0 aromatic rings. The summed E-state index contributed by atoms with van der Waals surface area (Å²) in [5, 5.41) is 0. The van der Waals surface area contributed by atoms with Crippen LogP contribution in [0.15, 0.2) is 0 Å². The van der Waals surface area contributed by atoms with Crippen molar-refractivity contribution in [2.75, 3.05) is 0 Å². The van der Waals surface area contributed by atoms with Gasteiger partial charge in [-0.2, -0.15) is 0 Å². The largest absolute Gasteiger partial charge is 1.00 e. The van der Waals surface area contributed by atoms with Crippen LogP contribution in [0.4, 0.5) is 0 Å². The van der Waals surface area contributed by atoms with Crippen LogP contribution in [-0.2, 0) is 31.9 Å². The van der Waals surface area contributed by atoms with Crippen LogP contribution >= 0.6 is 50.5 Å². The van der Waals surface area contributed by atoms with E-state index < -0.39 is 11.5 Å². The molecule has 0 spiro atoms. The molecule has 8 heavy (non-hydrogen) atoms. The Morgan fingerprint density at radius 2 is 1.00 bits per heavy atom. The first-order valence-electron chi connectivity index (χ1n) is 0.478. The molecule has 0 fully saturated rings. The molecular weight excluding hydrogens is 413 g/mol. The molecule has 0 aromatic carbocycles. The van der Waals surface area contributed by atoms with Crippen LogP contribution in [0.5, 0.6) is 0 Å². The Labute approximate surface area is 111 Å². The summed E-state index contributed by atoms with van der Waals surface area (Å²) in [7, 11) is 19.9. The predicted octanol–water partition coefficient (Wildman–Crippen LogP) is 0.291. The summed E-state index contributed by atoms with van der Waals surface area (Å²) in [6, 6.07) is 0. The Kier molecular flexibility index (Phi) is 30.5. The van der Waals surface area contributed by atoms with E-state index in [1.54, 1.807) is 0 Å². The fourth-order valence-electron chi connectivity index (χ4n) is 0. The van der Waals surface area contributed by atoms with Gasteiger partial charge in [0.1, 0.15) is 0 Å². The summed E-state index contributed by atoms with van der Waals surface area (Å²) < 4.78 is 0. The molecule has 0 unspecified atom stereocenters. The van der Waals surface area contributed by atoms with E-state index in [-0.39, 0.29) is 63.8 Å². The molecule has 58 valence electrons. The average molecular weight is 415 g/mol. The maximum atomic E-state index is 4.98. The molecule has 0 rings (SSSR count). The van der Waals surface area contributed by atoms with E-state index in [0.29, 0.717) is 0 Å². The summed E-state index contributed by atoms with van der Waals surface area (Å²) in [6.07, 6.45) is 0. The zero-order chi connectivity index (χ0) is 4.50. The van der Waals surface area contributed by atoms with Gasteiger partial charge in [-0.15, -0.1) is 12.4 Å². The van der Waals surface area contributed by atoms with Crippen LogP contribution in [0.3, 0.4) is 0 Å². The van der Waals surface area contributed by atoms with Crippen molar-refractivity contribution in [3.8, 4) is 0 Å². The third-order valence-electron chi connectivity index (χ3n) is 0. The minimum atomic E-state index is -2.81. The van der Waals surface area contributed by atoms with Crippen LogP contribution in [0, 0.1) is 0 Å². The molecule has 0 saturated heterocycles. The Bertz CT molecular complexity index is 30.4. The molecule has 0 bridgehead atoms. The van der Waals surface area contributed by atoms with E-state index in [4.69, 9.17) is 38.1 Å². The molecule has 0 aliphatic carbocycles. The molecule has 0 aliphatic rings. The third-order valence-corrected chi connectivity index (χ3v) is 0. The molecule has 0 nitrogen and oxygen atoms in total. The van der Waals surface area contributed by atoms with E-state index >= 15 is 0 Å². The van der Waals surface area contributed by atoms with E-state index in [0.717, 1.165) is 0 Å². The van der Waals surface area contributed by atoms with Crippen molar-refractivity contribution in [1.82, 2.24) is 0 Å². The van der Waals surface area contributed by atoms with Crippen LogP contribution in [0.2, 0.25) is 0 Å². The van der Waals surface area contributed by atoms with Crippen LogP contribution in [-0.4, -0.2) is 0 Å². The van der Waals surface area contributed by atoms with Gasteiger partial charge in [0.15, 0.2) is 0 Å². The first-order valence-corrected chi connectivity index (χ1v) is 8.49. The molecule has 0 radical (unpaired) electrons. The average Bonchev–Trinajstić information content (AvgIpc) is 0.722. The normalized spacial score (nSPS) is 9.50. The van der Waals surface area contributed by atoms with Crippen molar-refractivity contribution in [3.63, 3.8) is 0 Å². The summed E-state index contributed by atoms with van der Waals surface area (Å²) in [4.78, 5) is 0. The van der Waals surface area contributed by atoms with Crippen molar-refractivity contribution >= 4 is 50.5 Å². The van der Waals surface area contributed by atoms with E-state index in [9.17, 15) is 0 Å². The first-order chi connectivity index (χ1) is 2.00. The van der Waals surface area contributed by atoms with Crippen LogP contribution < -0.4 is 29.6 Å². The molecule has 0 saturated carbocycles. The summed E-state index contributed by atoms with van der Waals surface area (Å²) >= 11 is -2.81. The van der Waals surface area contributed by atoms with Crippen molar-refractivity contribution in [1.29, 1.82) is 0 Å². The number of hydrogen-bond acceptors (Lipinski definition) is 0. The van der Waals surface area contributed by atoms with Gasteiger partial charge in [-0.1, -0.05) is 0 Å². The fraction of sp³-hybridized carbons (Fsp3) is 0. The van der Waals surface area contributed by atoms with Gasteiger partial charge >= 0.3 is 79.1 Å². The predicted molar refractivity (Wildman–Crippen MR) is 31.8 cm³/mol. The van der Waals surface area contributed by atoms with E-state index in [1.165, 1.54) is 0 Å². The summed E-state index contributed by atoms with van der Waals surface area (Å²) in [5.74, 6) is 0. The van der Waals surface area contributed by atoms with Gasteiger partial charge in [0.25, 0.3) is 0 Å². The Morgan fingerprint density at radius 3 is 1.00 bits per heavy atom. The number of hydrogen-bond donors (Lipinski definition) is 0. The second kappa shape index (κ2) is 10.8. The Balaban J connectivity index is -0.0000000133. The quantitative estimate of drug-likeness (QED) is 0.500. The van der Waals surface area contributed by atoms with Crippen molar-refractivity contribution < 1.29 is 62.9 Å².